The topological polar surface area (TPSA) is 117 Å². The van der Waals surface area contributed by atoms with E-state index in [2.05, 4.69) is 20.8 Å². The molecule has 1 fully saturated rings. The Morgan fingerprint density at radius 1 is 1.63 bits per heavy atom. The van der Waals surface area contributed by atoms with E-state index in [4.69, 9.17) is 9.63 Å². The van der Waals surface area contributed by atoms with Crippen LogP contribution in [0.2, 0.25) is 0 Å². The summed E-state index contributed by atoms with van der Waals surface area (Å²) in [6.45, 7) is 2.55. The van der Waals surface area contributed by atoms with Gasteiger partial charge in [0, 0.05) is 0 Å². The average Bonchev–Trinajstić information content (AvgIpc) is 3.04. The molecule has 0 saturated carbocycles. The molecule has 1 amide bonds. The summed E-state index contributed by atoms with van der Waals surface area (Å²) in [5.41, 5.74) is 0. The highest BCUT2D eigenvalue weighted by Crippen LogP contribution is 2.20. The maximum atomic E-state index is 11.8. The normalized spacial score (nSPS) is 20.2. The minimum absolute atomic E-state index is 0.0181. The second-order valence-electron chi connectivity index (χ2n) is 4.38. The molecule has 3 N–H and O–H groups in total. The second-order valence-corrected chi connectivity index (χ2v) is 4.38. The van der Waals surface area contributed by atoms with Crippen molar-refractivity contribution in [3.05, 3.63) is 11.7 Å². The van der Waals surface area contributed by atoms with Gasteiger partial charge in [-0.15, -0.1) is 0 Å². The Hall–Kier alpha value is -1.96. The van der Waals surface area contributed by atoms with Crippen molar-refractivity contribution >= 4 is 11.9 Å². The van der Waals surface area contributed by atoms with Crippen LogP contribution in [-0.2, 0) is 4.79 Å². The number of carbonyl (C=O) groups excluding carboxylic acids is 1. The van der Waals surface area contributed by atoms with E-state index < -0.39 is 17.9 Å². The summed E-state index contributed by atoms with van der Waals surface area (Å²) in [7, 11) is 0. The Bertz CT molecular complexity index is 467. The number of rotatable bonds is 5. The Kier molecular flexibility index (Phi) is 4.10. The molecule has 1 aromatic heterocycles. The van der Waals surface area contributed by atoms with E-state index in [9.17, 15) is 9.59 Å². The van der Waals surface area contributed by atoms with Crippen LogP contribution in [0.25, 0.3) is 0 Å². The van der Waals surface area contributed by atoms with Gasteiger partial charge in [0.05, 0.1) is 6.04 Å². The quantitative estimate of drug-likeness (QED) is 0.692. The summed E-state index contributed by atoms with van der Waals surface area (Å²) < 4.78 is 5.01. The zero-order valence-electron chi connectivity index (χ0n) is 10.5. The Labute approximate surface area is 109 Å². The van der Waals surface area contributed by atoms with E-state index >= 15 is 0 Å². The summed E-state index contributed by atoms with van der Waals surface area (Å²) in [6, 6.07) is -0.963. The van der Waals surface area contributed by atoms with Crippen molar-refractivity contribution in [1.82, 2.24) is 20.8 Å². The van der Waals surface area contributed by atoms with Crippen molar-refractivity contribution in [3.8, 4) is 0 Å². The molecule has 2 rings (SSSR count). The molecule has 1 saturated heterocycles. The number of carboxylic acids is 1. The number of amides is 1. The van der Waals surface area contributed by atoms with Crippen molar-refractivity contribution in [1.29, 1.82) is 0 Å². The van der Waals surface area contributed by atoms with E-state index in [1.807, 2.05) is 0 Å². The number of nitrogens with one attached hydrogen (secondary N) is 2. The number of carboxylic acid groups (broad SMARTS) is 1. The molecule has 2 atom stereocenters. The molecule has 104 valence electrons. The van der Waals surface area contributed by atoms with Gasteiger partial charge in [0.1, 0.15) is 6.04 Å². The molecular formula is C11H16N4O4. The monoisotopic (exact) mass is 268 g/mol. The molecule has 0 aliphatic carbocycles. The molecule has 0 aromatic carbocycles. The molecule has 8 nitrogen and oxygen atoms in total. The second kappa shape index (κ2) is 5.79. The Morgan fingerprint density at radius 2 is 2.42 bits per heavy atom. The summed E-state index contributed by atoms with van der Waals surface area (Å²) in [5.74, 6) is -1.49. The molecule has 0 bridgehead atoms. The average molecular weight is 268 g/mol. The zero-order chi connectivity index (χ0) is 13.8. The largest absolute Gasteiger partial charge is 0.480 e. The van der Waals surface area contributed by atoms with Gasteiger partial charge < -0.3 is 20.3 Å². The summed E-state index contributed by atoms with van der Waals surface area (Å²) in [4.78, 5) is 26.6. The lowest BCUT2D eigenvalue weighted by atomic mass is 10.2. The van der Waals surface area contributed by atoms with Crippen LogP contribution in [0.4, 0.5) is 0 Å². The van der Waals surface area contributed by atoms with Gasteiger partial charge in [-0.25, -0.2) is 4.79 Å². The molecule has 8 heteroatoms. The van der Waals surface area contributed by atoms with Crippen LogP contribution >= 0.6 is 0 Å². The van der Waals surface area contributed by atoms with E-state index in [0.29, 0.717) is 5.89 Å². The third-order valence-corrected chi connectivity index (χ3v) is 3.01. The first-order valence-corrected chi connectivity index (χ1v) is 6.22. The van der Waals surface area contributed by atoms with Crippen LogP contribution < -0.4 is 10.6 Å². The maximum Gasteiger partial charge on any atom is 0.326 e. The van der Waals surface area contributed by atoms with Crippen LogP contribution in [0.1, 0.15) is 48.7 Å². The summed E-state index contributed by atoms with van der Waals surface area (Å²) in [6.07, 6.45) is 2.19. The fourth-order valence-electron chi connectivity index (χ4n) is 1.93. The smallest absolute Gasteiger partial charge is 0.326 e. The first-order chi connectivity index (χ1) is 9.11. The van der Waals surface area contributed by atoms with Gasteiger partial charge in [0.2, 0.25) is 5.89 Å². The zero-order valence-corrected chi connectivity index (χ0v) is 10.5. The van der Waals surface area contributed by atoms with Crippen molar-refractivity contribution in [2.75, 3.05) is 6.54 Å². The molecule has 1 unspecified atom stereocenters. The fourth-order valence-corrected chi connectivity index (χ4v) is 1.93. The van der Waals surface area contributed by atoms with Crippen LogP contribution in [0.15, 0.2) is 4.52 Å². The predicted molar refractivity (Wildman–Crippen MR) is 63.5 cm³/mol. The molecule has 1 aliphatic heterocycles. The van der Waals surface area contributed by atoms with Gasteiger partial charge in [-0.1, -0.05) is 12.1 Å². The van der Waals surface area contributed by atoms with E-state index in [1.54, 1.807) is 6.92 Å². The van der Waals surface area contributed by atoms with Crippen molar-refractivity contribution in [2.24, 2.45) is 0 Å². The number of hydrogen-bond acceptors (Lipinski definition) is 6. The summed E-state index contributed by atoms with van der Waals surface area (Å²) in [5, 5.41) is 17.9. The van der Waals surface area contributed by atoms with Gasteiger partial charge in [0.15, 0.2) is 0 Å². The molecule has 19 heavy (non-hydrogen) atoms. The minimum Gasteiger partial charge on any atom is -0.480 e. The number of nitrogens with zero attached hydrogens (tertiary/aromatic N) is 2. The van der Waals surface area contributed by atoms with Gasteiger partial charge in [-0.05, 0) is 25.8 Å². The molecule has 2 heterocycles. The van der Waals surface area contributed by atoms with Crippen molar-refractivity contribution < 1.29 is 19.2 Å². The van der Waals surface area contributed by atoms with E-state index in [0.717, 1.165) is 19.4 Å². The Morgan fingerprint density at radius 3 is 3.00 bits per heavy atom. The van der Waals surface area contributed by atoms with E-state index in [-0.39, 0.29) is 18.3 Å². The molecule has 0 radical (unpaired) electrons. The van der Waals surface area contributed by atoms with Gasteiger partial charge >= 0.3 is 5.97 Å². The van der Waals surface area contributed by atoms with Gasteiger partial charge in [-0.3, -0.25) is 4.79 Å². The first-order valence-electron chi connectivity index (χ1n) is 6.22. The fraction of sp³-hybridized carbons (Fsp3) is 0.636. The van der Waals surface area contributed by atoms with Gasteiger partial charge in [0.25, 0.3) is 11.7 Å². The minimum atomic E-state index is -1.09. The third kappa shape index (κ3) is 3.08. The third-order valence-electron chi connectivity index (χ3n) is 3.01. The lowest BCUT2D eigenvalue weighted by Crippen LogP contribution is -2.40. The van der Waals surface area contributed by atoms with Crippen LogP contribution in [0.5, 0.6) is 0 Å². The van der Waals surface area contributed by atoms with Crippen molar-refractivity contribution in [2.45, 2.75) is 38.3 Å². The highest BCUT2D eigenvalue weighted by Gasteiger charge is 2.26. The number of carbonyl (C=O) groups is 2. The van der Waals surface area contributed by atoms with Crippen LogP contribution in [0.3, 0.4) is 0 Å². The predicted octanol–water partition coefficient (Wildman–Crippen LogP) is 0.0871. The number of aromatic nitrogens is 2. The van der Waals surface area contributed by atoms with Crippen LogP contribution in [-0.4, -0.2) is 39.7 Å². The molecule has 0 spiro atoms. The first kappa shape index (κ1) is 13.5. The highest BCUT2D eigenvalue weighted by molar-refractivity contribution is 5.93. The lowest BCUT2D eigenvalue weighted by Gasteiger charge is -2.09. The van der Waals surface area contributed by atoms with E-state index in [1.165, 1.54) is 0 Å². The number of hydrogen-bond donors (Lipinski definition) is 3. The Balaban J connectivity index is 2.01. The standard InChI is InChI=1S/C11H16N4O4/c1-2-6(11(17)18)13-9(16)8-14-10(19-15-8)7-4-3-5-12-7/h6-7,12H,2-5H2,1H3,(H,13,16)(H,17,18)/t6-,7?/m0/s1. The maximum absolute atomic E-state index is 11.8. The highest BCUT2D eigenvalue weighted by atomic mass is 16.5. The SMILES string of the molecule is CC[C@H](NC(=O)c1noc(C2CCCN2)n1)C(=O)O. The van der Waals surface area contributed by atoms with Crippen molar-refractivity contribution in [3.63, 3.8) is 0 Å². The number of aliphatic carboxylic acids is 1. The lowest BCUT2D eigenvalue weighted by molar-refractivity contribution is -0.139. The molecule has 1 aliphatic rings. The van der Waals surface area contributed by atoms with Crippen LogP contribution in [0, 0.1) is 0 Å². The summed E-state index contributed by atoms with van der Waals surface area (Å²) >= 11 is 0. The molecular weight excluding hydrogens is 252 g/mol. The molecule has 1 aromatic rings. The van der Waals surface area contributed by atoms with Gasteiger partial charge in [-0.2, -0.15) is 4.98 Å².